The zero-order valence-electron chi connectivity index (χ0n) is 9.74. The number of nitrogens with zero attached hydrogens (tertiary/aromatic N) is 1. The van der Waals surface area contributed by atoms with E-state index in [0.717, 1.165) is 11.1 Å². The zero-order valence-corrected chi connectivity index (χ0v) is 11.3. The molecule has 2 rings (SSSR count). The van der Waals surface area contributed by atoms with Gasteiger partial charge in [-0.05, 0) is 29.8 Å². The Hall–Kier alpha value is -1.23. The molecule has 2 aromatic rings. The lowest BCUT2D eigenvalue weighted by Gasteiger charge is -2.04. The molecule has 0 aliphatic rings. The second-order valence-corrected chi connectivity index (χ2v) is 4.49. The van der Waals surface area contributed by atoms with Crippen molar-refractivity contribution in [1.82, 2.24) is 5.16 Å². The highest BCUT2D eigenvalue weighted by atomic mass is 35.5. The van der Waals surface area contributed by atoms with Gasteiger partial charge in [-0.2, -0.15) is 0 Å². The Morgan fingerprint density at radius 2 is 2.17 bits per heavy atom. The summed E-state index contributed by atoms with van der Waals surface area (Å²) in [6.07, 6.45) is 0. The molecule has 1 aromatic heterocycles. The van der Waals surface area contributed by atoms with Crippen molar-refractivity contribution in [2.75, 3.05) is 13.2 Å². The van der Waals surface area contributed by atoms with Crippen LogP contribution in [-0.4, -0.2) is 18.3 Å². The topological polar surface area (TPSA) is 61.3 Å². The van der Waals surface area contributed by atoms with Crippen LogP contribution < -0.4 is 10.5 Å². The average Bonchev–Trinajstić information content (AvgIpc) is 2.82. The largest absolute Gasteiger partial charge is 0.474 e. The summed E-state index contributed by atoms with van der Waals surface area (Å²) in [6.45, 7) is 2.65. The third kappa shape index (κ3) is 2.61. The van der Waals surface area contributed by atoms with Crippen molar-refractivity contribution in [3.63, 3.8) is 0 Å². The van der Waals surface area contributed by atoms with Gasteiger partial charge in [0.05, 0.1) is 5.02 Å². The second-order valence-electron chi connectivity index (χ2n) is 3.70. The number of rotatable bonds is 4. The highest BCUT2D eigenvalue weighted by Gasteiger charge is 2.14. The van der Waals surface area contributed by atoms with E-state index in [9.17, 15) is 0 Å². The van der Waals surface area contributed by atoms with Crippen LogP contribution in [0.2, 0.25) is 10.0 Å². The number of nitrogens with two attached hydrogens (primary N) is 1. The summed E-state index contributed by atoms with van der Waals surface area (Å²) in [6, 6.07) is 5.22. The maximum atomic E-state index is 6.21. The van der Waals surface area contributed by atoms with Gasteiger partial charge in [0, 0.05) is 23.2 Å². The van der Waals surface area contributed by atoms with Crippen LogP contribution in [0.5, 0.6) is 5.88 Å². The fraction of sp³-hybridized carbons (Fsp3) is 0.250. The molecule has 0 saturated heterocycles. The molecular weight excluding hydrogens is 275 g/mol. The molecule has 0 amide bonds. The lowest BCUT2D eigenvalue weighted by Crippen LogP contribution is -2.10. The van der Waals surface area contributed by atoms with Gasteiger partial charge in [0.1, 0.15) is 6.61 Å². The Labute approximate surface area is 115 Å². The lowest BCUT2D eigenvalue weighted by atomic mass is 10.1. The Kier molecular flexibility index (Phi) is 4.11. The summed E-state index contributed by atoms with van der Waals surface area (Å²) in [4.78, 5) is 0. The molecule has 18 heavy (non-hydrogen) atoms. The maximum absolute atomic E-state index is 6.21. The van der Waals surface area contributed by atoms with Crippen LogP contribution in [0.25, 0.3) is 11.3 Å². The first kappa shape index (κ1) is 13.2. The van der Waals surface area contributed by atoms with Crippen molar-refractivity contribution >= 4 is 23.2 Å². The normalized spacial score (nSPS) is 10.7. The van der Waals surface area contributed by atoms with Gasteiger partial charge in [-0.1, -0.05) is 23.2 Å². The van der Waals surface area contributed by atoms with E-state index in [-0.39, 0.29) is 0 Å². The fourth-order valence-electron chi connectivity index (χ4n) is 1.47. The lowest BCUT2D eigenvalue weighted by molar-refractivity contribution is 0.288. The Bertz CT molecular complexity index is 555. The van der Waals surface area contributed by atoms with Gasteiger partial charge in [-0.15, -0.1) is 0 Å². The predicted molar refractivity (Wildman–Crippen MR) is 71.2 cm³/mol. The molecule has 0 fully saturated rings. The molecule has 0 aliphatic heterocycles. The molecule has 4 nitrogen and oxygen atoms in total. The van der Waals surface area contributed by atoms with Crippen LogP contribution in [0.3, 0.4) is 0 Å². The number of ether oxygens (including phenoxy) is 1. The van der Waals surface area contributed by atoms with E-state index in [4.69, 9.17) is 38.2 Å². The molecule has 6 heteroatoms. The predicted octanol–water partition coefficient (Wildman–Crippen LogP) is 3.29. The van der Waals surface area contributed by atoms with E-state index in [2.05, 4.69) is 5.16 Å². The van der Waals surface area contributed by atoms with E-state index in [1.165, 1.54) is 0 Å². The average molecular weight is 287 g/mol. The van der Waals surface area contributed by atoms with Crippen molar-refractivity contribution < 1.29 is 9.26 Å². The molecule has 0 unspecified atom stereocenters. The summed E-state index contributed by atoms with van der Waals surface area (Å²) < 4.78 is 10.4. The first-order chi connectivity index (χ1) is 8.63. The highest BCUT2D eigenvalue weighted by Crippen LogP contribution is 2.35. The van der Waals surface area contributed by atoms with Crippen LogP contribution in [0.4, 0.5) is 0 Å². The van der Waals surface area contributed by atoms with Gasteiger partial charge in [0.25, 0.3) is 5.88 Å². The van der Waals surface area contributed by atoms with Crippen LogP contribution in [0.1, 0.15) is 5.56 Å². The van der Waals surface area contributed by atoms with Crippen molar-refractivity contribution in [2.45, 2.75) is 6.92 Å². The van der Waals surface area contributed by atoms with E-state index >= 15 is 0 Å². The third-order valence-electron chi connectivity index (χ3n) is 2.44. The summed E-state index contributed by atoms with van der Waals surface area (Å²) >= 11 is 12.2. The standard InChI is InChI=1S/C12H12Cl2N2O2/c1-7-9(13)3-2-8(12(7)14)10-6-11(16-18-10)17-5-4-15/h2-3,6H,4-5,15H2,1H3. The molecule has 1 aromatic carbocycles. The first-order valence-corrected chi connectivity index (χ1v) is 6.13. The SMILES string of the molecule is Cc1c(Cl)ccc(-c2cc(OCCN)no2)c1Cl. The van der Waals surface area contributed by atoms with Crippen molar-refractivity contribution in [3.8, 4) is 17.2 Å². The Morgan fingerprint density at radius 1 is 1.39 bits per heavy atom. The van der Waals surface area contributed by atoms with Crippen molar-refractivity contribution in [3.05, 3.63) is 33.8 Å². The second kappa shape index (κ2) is 5.61. The number of aromatic nitrogens is 1. The molecule has 0 atom stereocenters. The smallest absolute Gasteiger partial charge is 0.254 e. The van der Waals surface area contributed by atoms with E-state index in [1.54, 1.807) is 18.2 Å². The van der Waals surface area contributed by atoms with Crippen molar-refractivity contribution in [1.29, 1.82) is 0 Å². The van der Waals surface area contributed by atoms with Gasteiger partial charge in [0.15, 0.2) is 5.76 Å². The third-order valence-corrected chi connectivity index (χ3v) is 3.34. The minimum atomic E-state index is 0.388. The molecule has 0 bridgehead atoms. The Balaban J connectivity index is 2.31. The maximum Gasteiger partial charge on any atom is 0.254 e. The minimum absolute atomic E-state index is 0.388. The molecule has 96 valence electrons. The molecular formula is C12H12Cl2N2O2. The fourth-order valence-corrected chi connectivity index (χ4v) is 1.93. The zero-order chi connectivity index (χ0) is 13.1. The number of hydrogen-bond donors (Lipinski definition) is 1. The van der Waals surface area contributed by atoms with E-state index in [1.807, 2.05) is 6.92 Å². The van der Waals surface area contributed by atoms with Gasteiger partial charge in [-0.3, -0.25) is 0 Å². The molecule has 2 N–H and O–H groups in total. The summed E-state index contributed by atoms with van der Waals surface area (Å²) in [5.41, 5.74) is 6.87. The quantitative estimate of drug-likeness (QED) is 0.937. The van der Waals surface area contributed by atoms with E-state index in [0.29, 0.717) is 34.8 Å². The van der Waals surface area contributed by atoms with Gasteiger partial charge in [0.2, 0.25) is 0 Å². The van der Waals surface area contributed by atoms with E-state index < -0.39 is 0 Å². The van der Waals surface area contributed by atoms with Gasteiger partial charge >= 0.3 is 0 Å². The van der Waals surface area contributed by atoms with Crippen LogP contribution in [0.15, 0.2) is 22.7 Å². The van der Waals surface area contributed by atoms with Gasteiger partial charge in [-0.25, -0.2) is 0 Å². The summed E-state index contributed by atoms with van der Waals surface area (Å²) in [5, 5.41) is 4.94. The van der Waals surface area contributed by atoms with Crippen LogP contribution >= 0.6 is 23.2 Å². The molecule has 0 aliphatic carbocycles. The molecule has 1 heterocycles. The molecule has 0 radical (unpaired) electrons. The summed E-state index contributed by atoms with van der Waals surface area (Å²) in [7, 11) is 0. The summed E-state index contributed by atoms with van der Waals surface area (Å²) in [5.74, 6) is 0.922. The minimum Gasteiger partial charge on any atom is -0.474 e. The monoisotopic (exact) mass is 286 g/mol. The van der Waals surface area contributed by atoms with Crippen molar-refractivity contribution in [2.24, 2.45) is 5.73 Å². The van der Waals surface area contributed by atoms with Crippen LogP contribution in [0, 0.1) is 6.92 Å². The molecule has 0 spiro atoms. The number of hydrogen-bond acceptors (Lipinski definition) is 4. The number of halogens is 2. The first-order valence-electron chi connectivity index (χ1n) is 5.38. The molecule has 0 saturated carbocycles. The highest BCUT2D eigenvalue weighted by molar-refractivity contribution is 6.37. The van der Waals surface area contributed by atoms with Gasteiger partial charge < -0.3 is 15.0 Å². The van der Waals surface area contributed by atoms with Crippen LogP contribution in [-0.2, 0) is 0 Å². The number of benzene rings is 1. The Morgan fingerprint density at radius 3 is 2.89 bits per heavy atom.